The van der Waals surface area contributed by atoms with E-state index in [4.69, 9.17) is 0 Å². The van der Waals surface area contributed by atoms with Gasteiger partial charge in [-0.15, -0.1) is 13.2 Å². The molecule has 0 spiro atoms. The molecule has 0 heterocycles. The zero-order chi connectivity index (χ0) is 7.82. The molecule has 0 bridgehead atoms. The van der Waals surface area contributed by atoms with Crippen LogP contribution >= 0.6 is 0 Å². The third-order valence-electron chi connectivity index (χ3n) is 1.04. The summed E-state index contributed by atoms with van der Waals surface area (Å²) in [4.78, 5) is 2.06. The molecule has 0 atom stereocenters. The number of hydrogen-bond acceptors (Lipinski definition) is 1. The average Bonchev–Trinajstić information content (AvgIpc) is 1.90. The van der Waals surface area contributed by atoms with Crippen molar-refractivity contribution < 1.29 is 18.9 Å². The Morgan fingerprint density at radius 2 is 1.55 bits per heavy atom. The van der Waals surface area contributed by atoms with Gasteiger partial charge in [0, 0.05) is 13.1 Å². The van der Waals surface area contributed by atoms with Crippen LogP contribution in [-0.4, -0.2) is 18.0 Å². The topological polar surface area (TPSA) is 3.24 Å². The molecule has 1 nitrogen and oxygen atoms in total. The molecule has 0 aliphatic carbocycles. The number of nitrogens with zero attached hydrogens (tertiary/aromatic N) is 1. The van der Waals surface area contributed by atoms with Crippen molar-refractivity contribution in [2.75, 3.05) is 13.1 Å². The third kappa shape index (κ3) is 7.55. The van der Waals surface area contributed by atoms with Crippen molar-refractivity contribution in [3.05, 3.63) is 44.5 Å². The second kappa shape index (κ2) is 9.65. The van der Waals surface area contributed by atoms with E-state index in [1.807, 2.05) is 18.7 Å². The Balaban J connectivity index is 0. The van der Waals surface area contributed by atoms with E-state index in [1.54, 1.807) is 6.08 Å². The molecule has 0 saturated carbocycles. The number of hydrogen-bond donors (Lipinski definition) is 0. The summed E-state index contributed by atoms with van der Waals surface area (Å²) in [6.07, 6.45) is 5.46. The number of rotatable bonds is 6. The molecule has 0 saturated heterocycles. The van der Waals surface area contributed by atoms with Crippen LogP contribution in [0.25, 0.3) is 0 Å². The Kier molecular flexibility index (Phi) is 11.6. The van der Waals surface area contributed by atoms with Gasteiger partial charge in [-0.25, -0.2) is 12.7 Å². The molecule has 0 amide bonds. The molecule has 0 radical (unpaired) electrons. The fourth-order valence-electron chi connectivity index (χ4n) is 0.677. The van der Waals surface area contributed by atoms with Gasteiger partial charge in [0.05, 0.1) is 0 Å². The van der Waals surface area contributed by atoms with Crippen LogP contribution in [0.5, 0.6) is 0 Å². The molecule has 0 aromatic heterocycles. The molecule has 0 rings (SSSR count). The third-order valence-corrected chi connectivity index (χ3v) is 1.04. The SMILES string of the molecule is C=C[CH-]N(CC=C)CC=C.[Li+]. The summed E-state index contributed by atoms with van der Waals surface area (Å²) in [5, 5.41) is 0. The Labute approximate surface area is 81.6 Å². The summed E-state index contributed by atoms with van der Waals surface area (Å²) in [6.45, 7) is 14.5. The van der Waals surface area contributed by atoms with Crippen LogP contribution in [0.2, 0.25) is 0 Å². The summed E-state index contributed by atoms with van der Waals surface area (Å²) in [5.41, 5.74) is 0. The molecular formula is C9H14LiN. The second-order valence-corrected chi connectivity index (χ2v) is 1.92. The van der Waals surface area contributed by atoms with Crippen LogP contribution in [0.4, 0.5) is 0 Å². The van der Waals surface area contributed by atoms with Gasteiger partial charge in [-0.05, 0) is 0 Å². The van der Waals surface area contributed by atoms with E-state index in [1.165, 1.54) is 0 Å². The zero-order valence-electron chi connectivity index (χ0n) is 7.29. The van der Waals surface area contributed by atoms with Gasteiger partial charge in [-0.3, -0.25) is 0 Å². The summed E-state index contributed by atoms with van der Waals surface area (Å²) >= 11 is 0. The first kappa shape index (κ1) is 13.3. The standard InChI is InChI=1S/C9H14N.Li/c1-4-7-10(8-5-2)9-6-3;/h4-7H,1-3,8-9H2;/q-1;+1. The van der Waals surface area contributed by atoms with E-state index >= 15 is 0 Å². The molecule has 2 heteroatoms. The minimum absolute atomic E-state index is 0. The summed E-state index contributed by atoms with van der Waals surface area (Å²) < 4.78 is 0. The average molecular weight is 143 g/mol. The van der Waals surface area contributed by atoms with Crippen molar-refractivity contribution >= 4 is 0 Å². The van der Waals surface area contributed by atoms with Gasteiger partial charge in [-0.2, -0.15) is 6.54 Å². The molecule has 0 aromatic rings. The van der Waals surface area contributed by atoms with Crippen molar-refractivity contribution in [2.45, 2.75) is 0 Å². The summed E-state index contributed by atoms with van der Waals surface area (Å²) in [7, 11) is 0. The van der Waals surface area contributed by atoms with Gasteiger partial charge in [0.15, 0.2) is 0 Å². The van der Waals surface area contributed by atoms with E-state index < -0.39 is 0 Å². The summed E-state index contributed by atoms with van der Waals surface area (Å²) in [6, 6.07) is 0. The van der Waals surface area contributed by atoms with E-state index in [9.17, 15) is 0 Å². The minimum atomic E-state index is 0. The van der Waals surface area contributed by atoms with Crippen molar-refractivity contribution in [3.63, 3.8) is 0 Å². The largest absolute Gasteiger partial charge is 1.00 e. The van der Waals surface area contributed by atoms with Crippen LogP contribution in [-0.2, 0) is 0 Å². The molecule has 0 aliphatic heterocycles. The van der Waals surface area contributed by atoms with Gasteiger partial charge in [0.1, 0.15) is 0 Å². The van der Waals surface area contributed by atoms with E-state index in [-0.39, 0.29) is 18.9 Å². The maximum atomic E-state index is 3.63. The Hall–Kier alpha value is -0.353. The van der Waals surface area contributed by atoms with Crippen LogP contribution in [0.1, 0.15) is 0 Å². The molecular weight excluding hydrogens is 129 g/mol. The Bertz CT molecular complexity index is 97.0. The van der Waals surface area contributed by atoms with E-state index in [2.05, 4.69) is 24.6 Å². The van der Waals surface area contributed by atoms with Gasteiger partial charge in [0.25, 0.3) is 0 Å². The monoisotopic (exact) mass is 143 g/mol. The van der Waals surface area contributed by atoms with Gasteiger partial charge in [-0.1, -0.05) is 12.2 Å². The van der Waals surface area contributed by atoms with E-state index in [0.717, 1.165) is 13.1 Å². The fourth-order valence-corrected chi connectivity index (χ4v) is 0.677. The molecule has 0 aromatic carbocycles. The second-order valence-electron chi connectivity index (χ2n) is 1.92. The van der Waals surface area contributed by atoms with Gasteiger partial charge < -0.3 is 4.90 Å². The van der Waals surface area contributed by atoms with Crippen LogP contribution in [0.15, 0.2) is 38.0 Å². The smallest absolute Gasteiger partial charge is 0.353 e. The molecule has 0 unspecified atom stereocenters. The molecule has 0 N–H and O–H groups in total. The van der Waals surface area contributed by atoms with Crippen molar-refractivity contribution in [3.8, 4) is 0 Å². The summed E-state index contributed by atoms with van der Waals surface area (Å²) in [5.74, 6) is 0. The maximum absolute atomic E-state index is 3.63. The molecule has 56 valence electrons. The first-order valence-electron chi connectivity index (χ1n) is 3.27. The van der Waals surface area contributed by atoms with Crippen molar-refractivity contribution in [2.24, 2.45) is 0 Å². The molecule has 0 fully saturated rings. The quantitative estimate of drug-likeness (QED) is 0.262. The van der Waals surface area contributed by atoms with Crippen molar-refractivity contribution in [1.82, 2.24) is 4.90 Å². The Morgan fingerprint density at radius 1 is 1.09 bits per heavy atom. The molecule has 0 aliphatic rings. The minimum Gasteiger partial charge on any atom is -0.353 e. The first-order valence-corrected chi connectivity index (χ1v) is 3.27. The van der Waals surface area contributed by atoms with Crippen molar-refractivity contribution in [1.29, 1.82) is 0 Å². The predicted octanol–water partition coefficient (Wildman–Crippen LogP) is -0.988. The first-order chi connectivity index (χ1) is 4.85. The van der Waals surface area contributed by atoms with Crippen LogP contribution < -0.4 is 18.9 Å². The normalized spacial score (nSPS) is 8.09. The van der Waals surface area contributed by atoms with Crippen LogP contribution in [0.3, 0.4) is 0 Å². The fraction of sp³-hybridized carbons (Fsp3) is 0.222. The van der Waals surface area contributed by atoms with Gasteiger partial charge in [0.2, 0.25) is 0 Å². The zero-order valence-corrected chi connectivity index (χ0v) is 7.29. The molecule has 11 heavy (non-hydrogen) atoms. The maximum Gasteiger partial charge on any atom is 1.00 e. The Morgan fingerprint density at radius 3 is 1.82 bits per heavy atom. The predicted molar refractivity (Wildman–Crippen MR) is 46.5 cm³/mol. The van der Waals surface area contributed by atoms with E-state index in [0.29, 0.717) is 0 Å². The van der Waals surface area contributed by atoms with Crippen LogP contribution in [0, 0.1) is 6.54 Å². The van der Waals surface area contributed by atoms with Gasteiger partial charge >= 0.3 is 18.9 Å².